The third-order valence-corrected chi connectivity index (χ3v) is 3.91. The van der Waals surface area contributed by atoms with Crippen LogP contribution in [0.15, 0.2) is 11.3 Å². The van der Waals surface area contributed by atoms with Gasteiger partial charge in [0.05, 0.1) is 0 Å². The van der Waals surface area contributed by atoms with E-state index in [1.807, 2.05) is 7.05 Å². The summed E-state index contributed by atoms with van der Waals surface area (Å²) in [7, 11) is 4.08. The number of nitrogens with one attached hydrogen (secondary N) is 2. The summed E-state index contributed by atoms with van der Waals surface area (Å²) < 4.78 is 1.75. The molecule has 1 fully saturated rings. The van der Waals surface area contributed by atoms with E-state index >= 15 is 0 Å². The molecule has 1 atom stereocenters. The number of nitrogens with zero attached hydrogens (tertiary/aromatic N) is 5. The second-order valence-corrected chi connectivity index (χ2v) is 5.62. The predicted octanol–water partition coefficient (Wildman–Crippen LogP) is 0.971. The summed E-state index contributed by atoms with van der Waals surface area (Å²) in [6, 6.07) is 1.27. The van der Waals surface area contributed by atoms with Crippen LogP contribution in [0, 0.1) is 0 Å². The quantitative estimate of drug-likeness (QED) is 0.390. The Kier molecular flexibility index (Phi) is 8.08. The number of halogens is 1. The van der Waals surface area contributed by atoms with Crippen molar-refractivity contribution in [3.63, 3.8) is 0 Å². The van der Waals surface area contributed by atoms with Crippen molar-refractivity contribution in [3.05, 3.63) is 12.2 Å². The van der Waals surface area contributed by atoms with E-state index < -0.39 is 0 Å². The summed E-state index contributed by atoms with van der Waals surface area (Å²) in [5.41, 5.74) is 0. The first-order valence-corrected chi connectivity index (χ1v) is 7.68. The molecule has 0 bridgehead atoms. The van der Waals surface area contributed by atoms with E-state index in [0.29, 0.717) is 12.6 Å². The zero-order valence-electron chi connectivity index (χ0n) is 13.9. The summed E-state index contributed by atoms with van der Waals surface area (Å²) in [5.74, 6) is 1.69. The fourth-order valence-electron chi connectivity index (χ4n) is 2.18. The minimum atomic E-state index is 0. The molecule has 0 saturated heterocycles. The highest BCUT2D eigenvalue weighted by atomic mass is 127. The molecule has 0 spiro atoms. The van der Waals surface area contributed by atoms with E-state index in [9.17, 15) is 0 Å². The van der Waals surface area contributed by atoms with Crippen LogP contribution in [0.5, 0.6) is 0 Å². The lowest BCUT2D eigenvalue weighted by Crippen LogP contribution is -2.45. The smallest absolute Gasteiger partial charge is 0.191 e. The Bertz CT molecular complexity index is 470. The monoisotopic (exact) mass is 421 g/mol. The maximum atomic E-state index is 4.56. The number of rotatable bonds is 7. The number of hydrogen-bond donors (Lipinski definition) is 2. The predicted molar refractivity (Wildman–Crippen MR) is 99.5 cm³/mol. The lowest BCUT2D eigenvalue weighted by atomic mass is 10.3. The SMILES string of the molecule is CCNC(=NCc1ncnn1C)NCC(C)N(C)C1CC1.I. The molecule has 1 saturated carbocycles. The maximum Gasteiger partial charge on any atom is 0.191 e. The number of guanidine groups is 1. The molecule has 0 aromatic carbocycles. The lowest BCUT2D eigenvalue weighted by molar-refractivity contribution is 0.247. The average molecular weight is 421 g/mol. The lowest BCUT2D eigenvalue weighted by Gasteiger charge is -2.25. The van der Waals surface area contributed by atoms with Gasteiger partial charge in [-0.05, 0) is 33.7 Å². The third kappa shape index (κ3) is 5.71. The molecule has 22 heavy (non-hydrogen) atoms. The van der Waals surface area contributed by atoms with Gasteiger partial charge in [-0.1, -0.05) is 0 Å². The fourth-order valence-corrected chi connectivity index (χ4v) is 2.18. The van der Waals surface area contributed by atoms with Crippen molar-refractivity contribution in [1.82, 2.24) is 30.3 Å². The Morgan fingerprint density at radius 3 is 2.77 bits per heavy atom. The van der Waals surface area contributed by atoms with Gasteiger partial charge < -0.3 is 10.6 Å². The van der Waals surface area contributed by atoms with Gasteiger partial charge in [0.15, 0.2) is 5.96 Å². The highest BCUT2D eigenvalue weighted by Gasteiger charge is 2.28. The van der Waals surface area contributed by atoms with Crippen molar-refractivity contribution in [1.29, 1.82) is 0 Å². The van der Waals surface area contributed by atoms with Gasteiger partial charge in [0.2, 0.25) is 0 Å². The Balaban J connectivity index is 0.00000242. The van der Waals surface area contributed by atoms with E-state index in [2.05, 4.69) is 51.5 Å². The van der Waals surface area contributed by atoms with Crippen LogP contribution in [0.3, 0.4) is 0 Å². The number of likely N-dealkylation sites (N-methyl/N-ethyl adjacent to an activating group) is 1. The molecule has 0 amide bonds. The van der Waals surface area contributed by atoms with Crippen LogP contribution < -0.4 is 10.6 Å². The highest BCUT2D eigenvalue weighted by molar-refractivity contribution is 14.0. The molecule has 1 unspecified atom stereocenters. The average Bonchev–Trinajstić information content (AvgIpc) is 3.24. The Labute approximate surface area is 150 Å². The molecule has 0 radical (unpaired) electrons. The summed E-state index contributed by atoms with van der Waals surface area (Å²) in [6.07, 6.45) is 4.22. The number of hydrogen-bond acceptors (Lipinski definition) is 4. The van der Waals surface area contributed by atoms with Crippen LogP contribution in [0.4, 0.5) is 0 Å². The molecule has 1 aromatic heterocycles. The summed E-state index contributed by atoms with van der Waals surface area (Å²) in [4.78, 5) is 11.2. The van der Waals surface area contributed by atoms with Gasteiger partial charge >= 0.3 is 0 Å². The second-order valence-electron chi connectivity index (χ2n) is 5.62. The Morgan fingerprint density at radius 1 is 1.50 bits per heavy atom. The zero-order valence-corrected chi connectivity index (χ0v) is 16.2. The molecule has 8 heteroatoms. The molecule has 0 aliphatic heterocycles. The molecular formula is C14H28IN7. The topological polar surface area (TPSA) is 70.4 Å². The molecule has 1 aliphatic carbocycles. The van der Waals surface area contributed by atoms with Crippen LogP contribution in [0.2, 0.25) is 0 Å². The van der Waals surface area contributed by atoms with Crippen LogP contribution in [-0.2, 0) is 13.6 Å². The van der Waals surface area contributed by atoms with Crippen molar-refractivity contribution in [3.8, 4) is 0 Å². The molecular weight excluding hydrogens is 393 g/mol. The van der Waals surface area contributed by atoms with E-state index in [-0.39, 0.29) is 24.0 Å². The molecule has 2 N–H and O–H groups in total. The van der Waals surface area contributed by atoms with E-state index in [4.69, 9.17) is 0 Å². The van der Waals surface area contributed by atoms with Crippen molar-refractivity contribution >= 4 is 29.9 Å². The van der Waals surface area contributed by atoms with Gasteiger partial charge in [-0.25, -0.2) is 9.98 Å². The molecule has 1 heterocycles. The van der Waals surface area contributed by atoms with Crippen molar-refractivity contribution in [2.24, 2.45) is 12.0 Å². The number of aromatic nitrogens is 3. The normalized spacial score (nSPS) is 16.3. The molecule has 126 valence electrons. The summed E-state index contributed by atoms with van der Waals surface area (Å²) >= 11 is 0. The van der Waals surface area contributed by atoms with E-state index in [1.54, 1.807) is 11.0 Å². The van der Waals surface area contributed by atoms with Crippen LogP contribution in [-0.4, -0.2) is 57.8 Å². The van der Waals surface area contributed by atoms with Crippen molar-refractivity contribution in [2.45, 2.75) is 45.3 Å². The maximum absolute atomic E-state index is 4.56. The first-order chi connectivity index (χ1) is 10.1. The largest absolute Gasteiger partial charge is 0.357 e. The van der Waals surface area contributed by atoms with E-state index in [0.717, 1.165) is 30.9 Å². The van der Waals surface area contributed by atoms with Gasteiger partial charge in [0.25, 0.3) is 0 Å². The van der Waals surface area contributed by atoms with Crippen molar-refractivity contribution in [2.75, 3.05) is 20.1 Å². The molecule has 1 aromatic rings. The molecule has 1 aliphatic rings. The Morgan fingerprint density at radius 2 is 2.23 bits per heavy atom. The van der Waals surface area contributed by atoms with Gasteiger partial charge in [0.1, 0.15) is 18.7 Å². The first-order valence-electron chi connectivity index (χ1n) is 7.68. The van der Waals surface area contributed by atoms with Gasteiger partial charge in [-0.15, -0.1) is 24.0 Å². The van der Waals surface area contributed by atoms with Crippen LogP contribution >= 0.6 is 24.0 Å². The van der Waals surface area contributed by atoms with Crippen LogP contribution in [0.1, 0.15) is 32.5 Å². The summed E-state index contributed by atoms with van der Waals surface area (Å²) in [5, 5.41) is 10.7. The number of aliphatic imine (C=N–C) groups is 1. The van der Waals surface area contributed by atoms with Gasteiger partial charge in [-0.3, -0.25) is 9.58 Å². The van der Waals surface area contributed by atoms with Gasteiger partial charge in [0, 0.05) is 32.2 Å². The molecule has 7 nitrogen and oxygen atoms in total. The zero-order chi connectivity index (χ0) is 15.2. The Hall–Kier alpha value is -0.900. The molecule has 2 rings (SSSR count). The number of aryl methyl sites for hydroxylation is 1. The minimum Gasteiger partial charge on any atom is -0.357 e. The fraction of sp³-hybridized carbons (Fsp3) is 0.786. The highest BCUT2D eigenvalue weighted by Crippen LogP contribution is 2.26. The minimum absolute atomic E-state index is 0. The van der Waals surface area contributed by atoms with Gasteiger partial charge in [-0.2, -0.15) is 5.10 Å². The summed E-state index contributed by atoms with van der Waals surface area (Å²) in [6.45, 7) is 6.57. The van der Waals surface area contributed by atoms with Crippen LogP contribution in [0.25, 0.3) is 0 Å². The second kappa shape index (κ2) is 9.29. The standard InChI is InChI=1S/C14H27N7.HI/c1-5-15-14(17-9-13-18-10-19-21(13)4)16-8-11(2)20(3)12-6-7-12;/h10-12H,5-9H2,1-4H3,(H2,15,16,17);1H. The third-order valence-electron chi connectivity index (χ3n) is 3.91. The van der Waals surface area contributed by atoms with Crippen molar-refractivity contribution < 1.29 is 0 Å². The first kappa shape index (κ1) is 19.1. The van der Waals surface area contributed by atoms with E-state index in [1.165, 1.54) is 12.8 Å².